The predicted molar refractivity (Wildman–Crippen MR) is 88.5 cm³/mol. The molecule has 2 aromatic heterocycles. The molecule has 2 saturated heterocycles. The minimum Gasteiger partial charge on any atom is -0.385 e. The maximum Gasteiger partial charge on any atom is 0.488 e. The summed E-state index contributed by atoms with van der Waals surface area (Å²) in [6.07, 6.45) is -0.342. The van der Waals surface area contributed by atoms with Gasteiger partial charge in [0.25, 0.3) is 0 Å². The topological polar surface area (TPSA) is 150 Å². The number of aliphatic hydroxyl groups is 1. The molecule has 5 atom stereocenters. The van der Waals surface area contributed by atoms with Gasteiger partial charge in [0.1, 0.15) is 25.1 Å². The lowest BCUT2D eigenvalue weighted by molar-refractivity contribution is -0.0603. The minimum absolute atomic E-state index is 0.0317. The summed E-state index contributed by atoms with van der Waals surface area (Å²) in [5, 5.41) is 13.6. The van der Waals surface area contributed by atoms with E-state index in [1.165, 1.54) is 12.7 Å². The van der Waals surface area contributed by atoms with Gasteiger partial charge in [-0.15, -0.1) is 0 Å². The molecular formula is C12H17BN6O5P+. The predicted octanol–water partition coefficient (Wildman–Crippen LogP) is -1.29. The average molecular weight is 367 g/mol. The van der Waals surface area contributed by atoms with Gasteiger partial charge in [-0.1, -0.05) is 0 Å². The second-order valence-electron chi connectivity index (χ2n) is 5.75. The molecule has 5 N–H and O–H groups in total. The van der Waals surface area contributed by atoms with Crippen LogP contribution in [0.25, 0.3) is 11.2 Å². The van der Waals surface area contributed by atoms with E-state index < -0.39 is 32.4 Å². The zero-order valence-electron chi connectivity index (χ0n) is 13.1. The van der Waals surface area contributed by atoms with Crippen LogP contribution in [0.4, 0.5) is 5.82 Å². The summed E-state index contributed by atoms with van der Waals surface area (Å²) in [6.45, 7) is 1.02. The summed E-state index contributed by atoms with van der Waals surface area (Å²) in [7, 11) is 2.09. The number of aliphatic hydroxyl groups excluding tert-OH is 1. The van der Waals surface area contributed by atoms with Gasteiger partial charge in [0.05, 0.1) is 6.33 Å². The van der Waals surface area contributed by atoms with E-state index in [0.717, 1.165) is 0 Å². The number of rotatable bonds is 4. The summed E-state index contributed by atoms with van der Waals surface area (Å²) in [4.78, 5) is 22.4. The number of fused-ring (bicyclic) bond motifs is 2. The third-order valence-corrected chi connectivity index (χ3v) is 5.14. The first-order valence-corrected chi connectivity index (χ1v) is 9.33. The molecule has 2 aromatic rings. The number of ether oxygens (including phenoxy) is 1. The number of hydrogen-bond donors (Lipinski definition) is 4. The van der Waals surface area contributed by atoms with Crippen LogP contribution in [-0.4, -0.2) is 75.1 Å². The molecule has 0 aromatic carbocycles. The molecule has 11 nitrogen and oxygen atoms in total. The Hall–Kier alpha value is -1.40. The van der Waals surface area contributed by atoms with Gasteiger partial charge in [-0.25, -0.2) is 19.8 Å². The number of nitrogens with one attached hydrogen (secondary N) is 1. The van der Waals surface area contributed by atoms with Crippen molar-refractivity contribution >= 4 is 32.4 Å². The normalized spacial score (nSPS) is 35.0. The second-order valence-corrected chi connectivity index (χ2v) is 7.34. The van der Waals surface area contributed by atoms with E-state index in [4.69, 9.17) is 27.1 Å². The maximum atomic E-state index is 10.6. The highest BCUT2D eigenvalue weighted by Gasteiger charge is 2.56. The highest BCUT2D eigenvalue weighted by Crippen LogP contribution is 2.58. The monoisotopic (exact) mass is 367 g/mol. The van der Waals surface area contributed by atoms with E-state index in [1.807, 2.05) is 0 Å². The number of imidazole rings is 1. The summed E-state index contributed by atoms with van der Waals surface area (Å²) in [5.74, 6) is 0.543. The highest BCUT2D eigenvalue weighted by molar-refractivity contribution is 7.85. The van der Waals surface area contributed by atoms with Crippen molar-refractivity contribution in [2.45, 2.75) is 24.5 Å². The van der Waals surface area contributed by atoms with Gasteiger partial charge in [0, 0.05) is 13.1 Å². The van der Waals surface area contributed by atoms with E-state index in [9.17, 15) is 10.00 Å². The Balaban J connectivity index is 1.64. The van der Waals surface area contributed by atoms with Crippen LogP contribution in [0.5, 0.6) is 0 Å². The lowest BCUT2D eigenvalue weighted by Gasteiger charge is -2.27. The summed E-state index contributed by atoms with van der Waals surface area (Å²) in [6, 6.07) is 0. The molecule has 2 aliphatic heterocycles. The van der Waals surface area contributed by atoms with E-state index in [2.05, 4.69) is 20.3 Å². The Labute approximate surface area is 144 Å². The van der Waals surface area contributed by atoms with Crippen LogP contribution in [0, 0.1) is 0 Å². The molecule has 132 valence electrons. The smallest absolute Gasteiger partial charge is 0.385 e. The molecule has 25 heavy (non-hydrogen) atoms. The molecule has 0 spiro atoms. The number of anilines is 1. The molecular weight excluding hydrogens is 350 g/mol. The number of aromatic nitrogens is 4. The lowest BCUT2D eigenvalue weighted by atomic mass is 10.1. The maximum absolute atomic E-state index is 10.6. The SMILES string of the molecule is [B][P+]1(O)OC[C@H]2O[C@@H](n3cnc4c(NCCN)ncnc43)[C@H](O)[C@@H]2O1. The summed E-state index contributed by atoms with van der Waals surface area (Å²) >= 11 is 0. The van der Waals surface area contributed by atoms with Gasteiger partial charge in [-0.05, 0) is 0 Å². The lowest BCUT2D eigenvalue weighted by Crippen LogP contribution is -2.40. The van der Waals surface area contributed by atoms with Crippen LogP contribution in [0.3, 0.4) is 0 Å². The first-order chi connectivity index (χ1) is 12.0. The molecule has 0 bridgehead atoms. The van der Waals surface area contributed by atoms with E-state index >= 15 is 0 Å². The quantitative estimate of drug-likeness (QED) is 0.380. The standard InChI is InChI=1S/C12H17BN6O5P/c13-25(21)22-3-6-9(24-25)8(20)12(23-6)19-5-18-7-10(15-2-1-14)16-4-17-11(7)19/h4-6,8-9,12,20-21H,1-3,14H2,(H,15,16,17)/q+1/t6-,8-,9-,12-,25?/m1/s1. The van der Waals surface area contributed by atoms with Crippen LogP contribution in [0.1, 0.15) is 6.23 Å². The molecule has 0 aliphatic carbocycles. The Morgan fingerprint density at radius 1 is 1.44 bits per heavy atom. The number of hydrogen-bond acceptors (Lipinski definition) is 10. The number of nitrogens with two attached hydrogens (primary N) is 1. The Kier molecular flexibility index (Phi) is 4.36. The van der Waals surface area contributed by atoms with Crippen molar-refractivity contribution in [3.63, 3.8) is 0 Å². The van der Waals surface area contributed by atoms with E-state index in [0.29, 0.717) is 30.1 Å². The number of nitrogens with zero attached hydrogens (tertiary/aromatic N) is 4. The average Bonchev–Trinajstić information content (AvgIpc) is 3.14. The van der Waals surface area contributed by atoms with E-state index in [-0.39, 0.29) is 6.61 Å². The van der Waals surface area contributed by atoms with Crippen molar-refractivity contribution in [2.75, 3.05) is 25.0 Å². The van der Waals surface area contributed by atoms with Crippen LogP contribution < -0.4 is 11.1 Å². The van der Waals surface area contributed by atoms with Gasteiger partial charge in [0.2, 0.25) is 0 Å². The molecule has 2 fully saturated rings. The van der Waals surface area contributed by atoms with Crippen molar-refractivity contribution in [3.05, 3.63) is 12.7 Å². The molecule has 1 unspecified atom stereocenters. The van der Waals surface area contributed by atoms with Gasteiger partial charge in [-0.3, -0.25) is 4.57 Å². The van der Waals surface area contributed by atoms with Gasteiger partial charge in [0.15, 0.2) is 29.3 Å². The molecule has 2 aliphatic rings. The third kappa shape index (κ3) is 3.00. The van der Waals surface area contributed by atoms with Gasteiger partial charge < -0.3 is 20.9 Å². The molecule has 4 heterocycles. The first kappa shape index (κ1) is 17.0. The minimum atomic E-state index is -3.43. The summed E-state index contributed by atoms with van der Waals surface area (Å²) in [5.41, 5.74) is 6.51. The zero-order valence-corrected chi connectivity index (χ0v) is 14.0. The van der Waals surface area contributed by atoms with Crippen molar-refractivity contribution < 1.29 is 23.8 Å². The Morgan fingerprint density at radius 2 is 2.28 bits per heavy atom. The van der Waals surface area contributed by atoms with Crippen molar-refractivity contribution in [2.24, 2.45) is 5.73 Å². The van der Waals surface area contributed by atoms with Crippen LogP contribution in [0.2, 0.25) is 0 Å². The zero-order chi connectivity index (χ0) is 17.6. The molecule has 4 rings (SSSR count). The molecule has 0 amide bonds. The first-order valence-electron chi connectivity index (χ1n) is 7.68. The van der Waals surface area contributed by atoms with Crippen LogP contribution >= 0.6 is 7.82 Å². The van der Waals surface area contributed by atoms with E-state index in [1.54, 1.807) is 4.57 Å². The highest BCUT2D eigenvalue weighted by atomic mass is 31.2. The largest absolute Gasteiger partial charge is 0.488 e. The van der Waals surface area contributed by atoms with Crippen molar-refractivity contribution in [3.8, 4) is 0 Å². The fraction of sp³-hybridized carbons (Fsp3) is 0.583. The second kappa shape index (κ2) is 6.40. The van der Waals surface area contributed by atoms with Gasteiger partial charge >= 0.3 is 15.4 Å². The molecule has 2 radical (unpaired) electrons. The van der Waals surface area contributed by atoms with Crippen LogP contribution in [0.15, 0.2) is 12.7 Å². The molecule has 13 heteroatoms. The third-order valence-electron chi connectivity index (χ3n) is 4.08. The van der Waals surface area contributed by atoms with Crippen molar-refractivity contribution in [1.82, 2.24) is 19.5 Å². The van der Waals surface area contributed by atoms with Gasteiger partial charge in [-0.2, -0.15) is 9.05 Å². The van der Waals surface area contributed by atoms with Crippen LogP contribution in [-0.2, 0) is 13.8 Å². The fourth-order valence-electron chi connectivity index (χ4n) is 2.96. The molecule has 0 saturated carbocycles. The summed E-state index contributed by atoms with van der Waals surface area (Å²) < 4.78 is 17.7. The Bertz CT molecular complexity index is 778. The fourth-order valence-corrected chi connectivity index (χ4v) is 3.99. The van der Waals surface area contributed by atoms with Crippen molar-refractivity contribution in [1.29, 1.82) is 0 Å². The Morgan fingerprint density at radius 3 is 3.08 bits per heavy atom.